The van der Waals surface area contributed by atoms with Gasteiger partial charge in [-0.15, -0.1) is 0 Å². The van der Waals surface area contributed by atoms with Gasteiger partial charge in [-0.2, -0.15) is 4.40 Å². The van der Waals surface area contributed by atoms with E-state index >= 15 is 0 Å². The summed E-state index contributed by atoms with van der Waals surface area (Å²) in [4.78, 5) is 0.755. The topological polar surface area (TPSA) is 47.9 Å². The highest BCUT2D eigenvalue weighted by Crippen LogP contribution is 2.25. The molecule has 5 heteroatoms. The Balaban J connectivity index is 1.59. The molecule has 122 valence electrons. The van der Waals surface area contributed by atoms with Crippen molar-refractivity contribution in [3.63, 3.8) is 0 Å². The quantitative estimate of drug-likeness (QED) is 0.540. The summed E-state index contributed by atoms with van der Waals surface area (Å²) in [5.74, 6) is -0.374. The van der Waals surface area contributed by atoms with E-state index in [2.05, 4.69) is 4.40 Å². The molecule has 1 aliphatic heterocycles. The number of benzene rings is 1. The second-order valence-electron chi connectivity index (χ2n) is 5.78. The van der Waals surface area contributed by atoms with Crippen LogP contribution in [-0.4, -0.2) is 29.4 Å². The van der Waals surface area contributed by atoms with E-state index in [1.807, 2.05) is 38.1 Å². The van der Waals surface area contributed by atoms with E-state index in [1.54, 1.807) is 6.21 Å². The molecule has 0 bridgehead atoms. The molecule has 1 aromatic rings. The number of hydrogen-bond acceptors (Lipinski definition) is 3. The largest absolute Gasteiger partial charge is 0.348 e. The number of ether oxygens (including phenoxy) is 2. The van der Waals surface area contributed by atoms with Crippen molar-refractivity contribution >= 4 is 17.2 Å². The molecular formula is C17H25NO3S. The highest BCUT2D eigenvalue weighted by atomic mass is 32.2. The van der Waals surface area contributed by atoms with Crippen molar-refractivity contribution in [3.05, 3.63) is 29.8 Å². The Morgan fingerprint density at radius 1 is 1.18 bits per heavy atom. The van der Waals surface area contributed by atoms with Crippen LogP contribution in [0, 0.1) is 6.92 Å². The first-order valence-electron chi connectivity index (χ1n) is 7.88. The second kappa shape index (κ2) is 8.56. The Labute approximate surface area is 135 Å². The summed E-state index contributed by atoms with van der Waals surface area (Å²) < 4.78 is 27.2. The van der Waals surface area contributed by atoms with Crippen LogP contribution in [0.4, 0.5) is 0 Å². The van der Waals surface area contributed by atoms with Gasteiger partial charge in [-0.3, -0.25) is 0 Å². The first kappa shape index (κ1) is 17.3. The molecule has 0 spiro atoms. The highest BCUT2D eigenvalue weighted by Gasteiger charge is 2.29. The predicted molar refractivity (Wildman–Crippen MR) is 89.5 cm³/mol. The fourth-order valence-electron chi connectivity index (χ4n) is 2.40. The van der Waals surface area contributed by atoms with E-state index < -0.39 is 11.0 Å². The Morgan fingerprint density at radius 3 is 2.55 bits per heavy atom. The van der Waals surface area contributed by atoms with Crippen molar-refractivity contribution in [2.24, 2.45) is 4.40 Å². The molecule has 0 aromatic heterocycles. The average molecular weight is 323 g/mol. The molecule has 1 saturated heterocycles. The van der Waals surface area contributed by atoms with Gasteiger partial charge in [0.2, 0.25) is 0 Å². The molecular weight excluding hydrogens is 298 g/mol. The second-order valence-corrected chi connectivity index (χ2v) is 6.96. The summed E-state index contributed by atoms with van der Waals surface area (Å²) in [6, 6.07) is 7.64. The van der Waals surface area contributed by atoms with Crippen LogP contribution in [0.15, 0.2) is 33.6 Å². The van der Waals surface area contributed by atoms with E-state index in [0.717, 1.165) is 42.6 Å². The maximum Gasteiger partial charge on any atom is 0.172 e. The lowest BCUT2D eigenvalue weighted by Crippen LogP contribution is -2.24. The van der Waals surface area contributed by atoms with Gasteiger partial charge in [0.1, 0.15) is 0 Å². The molecule has 0 saturated carbocycles. The van der Waals surface area contributed by atoms with E-state index in [1.165, 1.54) is 0 Å². The summed E-state index contributed by atoms with van der Waals surface area (Å²) in [7, 11) is -1.28. The van der Waals surface area contributed by atoms with Crippen LogP contribution in [0.5, 0.6) is 0 Å². The van der Waals surface area contributed by atoms with Crippen LogP contribution in [-0.2, 0) is 20.5 Å². The van der Waals surface area contributed by atoms with Crippen molar-refractivity contribution in [1.29, 1.82) is 0 Å². The molecule has 1 aliphatic rings. The van der Waals surface area contributed by atoms with Crippen molar-refractivity contribution in [2.45, 2.75) is 56.6 Å². The Hall–Kier alpha value is -1.04. The van der Waals surface area contributed by atoms with Gasteiger partial charge in [-0.05, 0) is 45.2 Å². The van der Waals surface area contributed by atoms with Gasteiger partial charge in [-0.1, -0.05) is 24.1 Å². The molecule has 1 atom stereocenters. The molecule has 0 amide bonds. The van der Waals surface area contributed by atoms with Crippen molar-refractivity contribution < 1.29 is 13.7 Å². The minimum absolute atomic E-state index is 0.374. The van der Waals surface area contributed by atoms with Gasteiger partial charge < -0.3 is 9.47 Å². The first-order chi connectivity index (χ1) is 10.6. The van der Waals surface area contributed by atoms with E-state index in [0.29, 0.717) is 13.2 Å². The van der Waals surface area contributed by atoms with Gasteiger partial charge in [0.25, 0.3) is 0 Å². The lowest BCUT2D eigenvalue weighted by molar-refractivity contribution is -0.147. The van der Waals surface area contributed by atoms with Crippen LogP contribution in [0.2, 0.25) is 0 Å². The smallest absolute Gasteiger partial charge is 0.172 e. The minimum atomic E-state index is -1.28. The summed E-state index contributed by atoms with van der Waals surface area (Å²) in [5.41, 5.74) is 1.16. The van der Waals surface area contributed by atoms with Crippen LogP contribution < -0.4 is 0 Å². The summed E-state index contributed by atoms with van der Waals surface area (Å²) >= 11 is 0. The van der Waals surface area contributed by atoms with E-state index in [4.69, 9.17) is 9.47 Å². The van der Waals surface area contributed by atoms with Gasteiger partial charge in [0, 0.05) is 12.6 Å². The van der Waals surface area contributed by atoms with Gasteiger partial charge in [0.05, 0.1) is 18.1 Å². The van der Waals surface area contributed by atoms with E-state index in [-0.39, 0.29) is 5.79 Å². The Bertz CT molecular complexity index is 507. The number of aryl methyl sites for hydroxylation is 1. The van der Waals surface area contributed by atoms with Crippen LogP contribution in [0.25, 0.3) is 0 Å². The third kappa shape index (κ3) is 5.63. The molecule has 22 heavy (non-hydrogen) atoms. The number of nitrogens with zero attached hydrogens (tertiary/aromatic N) is 1. The Morgan fingerprint density at radius 2 is 1.86 bits per heavy atom. The van der Waals surface area contributed by atoms with Crippen molar-refractivity contribution in [2.75, 3.05) is 13.2 Å². The van der Waals surface area contributed by atoms with Gasteiger partial charge in [0.15, 0.2) is 16.8 Å². The molecule has 0 N–H and O–H groups in total. The first-order valence-corrected chi connectivity index (χ1v) is 8.99. The lowest BCUT2D eigenvalue weighted by atomic mass is 10.1. The maximum absolute atomic E-state index is 11.9. The molecule has 1 aromatic carbocycles. The number of hydrogen-bond donors (Lipinski definition) is 0. The molecule has 2 rings (SSSR count). The lowest BCUT2D eigenvalue weighted by Gasteiger charge is -2.21. The van der Waals surface area contributed by atoms with E-state index in [9.17, 15) is 4.21 Å². The fraction of sp³-hybridized carbons (Fsp3) is 0.588. The maximum atomic E-state index is 11.9. The zero-order valence-electron chi connectivity index (χ0n) is 13.4. The number of unbranched alkanes of at least 4 members (excludes halogenated alkanes) is 3. The molecule has 4 nitrogen and oxygen atoms in total. The van der Waals surface area contributed by atoms with Gasteiger partial charge >= 0.3 is 0 Å². The predicted octanol–water partition coefficient (Wildman–Crippen LogP) is 3.80. The van der Waals surface area contributed by atoms with Crippen molar-refractivity contribution in [3.8, 4) is 0 Å². The third-order valence-corrected chi connectivity index (χ3v) is 4.77. The molecule has 0 radical (unpaired) electrons. The molecule has 0 aliphatic carbocycles. The zero-order chi connectivity index (χ0) is 15.8. The average Bonchev–Trinajstić information content (AvgIpc) is 2.94. The van der Waals surface area contributed by atoms with Crippen LogP contribution >= 0.6 is 0 Å². The number of rotatable bonds is 8. The summed E-state index contributed by atoms with van der Waals surface area (Å²) in [6.45, 7) is 5.42. The SMILES string of the molecule is Cc1ccc([S@](=O)/N=C/CCCCCC2(C)OCCO2)cc1. The Kier molecular flexibility index (Phi) is 6.73. The standard InChI is InChI=1S/C17H25NO3S/c1-15-7-9-16(10-8-15)22(19)18-12-6-4-3-5-11-17(2)20-13-14-21-17/h7-10,12H,3-6,11,13-14H2,1-2H3/b18-12+/t22-/m0/s1. The van der Waals surface area contributed by atoms with Crippen LogP contribution in [0.1, 0.15) is 44.6 Å². The molecule has 1 heterocycles. The normalized spacial score (nSPS) is 18.8. The fourth-order valence-corrected chi connectivity index (χ4v) is 3.13. The third-order valence-electron chi connectivity index (χ3n) is 3.76. The summed E-state index contributed by atoms with van der Waals surface area (Å²) in [6.07, 6.45) is 6.79. The van der Waals surface area contributed by atoms with Crippen LogP contribution in [0.3, 0.4) is 0 Å². The monoisotopic (exact) mass is 323 g/mol. The molecule has 0 unspecified atom stereocenters. The highest BCUT2D eigenvalue weighted by molar-refractivity contribution is 7.83. The summed E-state index contributed by atoms with van der Waals surface area (Å²) in [5, 5.41) is 0. The minimum Gasteiger partial charge on any atom is -0.348 e. The van der Waals surface area contributed by atoms with Crippen molar-refractivity contribution in [1.82, 2.24) is 0 Å². The zero-order valence-corrected chi connectivity index (χ0v) is 14.2. The molecule has 1 fully saturated rings. The van der Waals surface area contributed by atoms with Gasteiger partial charge in [-0.25, -0.2) is 4.21 Å².